The van der Waals surface area contributed by atoms with Crippen LogP contribution in [-0.2, 0) is 43.3 Å². The Morgan fingerprint density at radius 1 is 0.268 bits per heavy atom. The van der Waals surface area contributed by atoms with Crippen molar-refractivity contribution < 1.29 is 137 Å². The third-order valence-electron chi connectivity index (χ3n) is 15.9. The van der Waals surface area contributed by atoms with Gasteiger partial charge in [0.25, 0.3) is 0 Å². The highest BCUT2D eigenvalue weighted by Crippen LogP contribution is 2.48. The lowest BCUT2D eigenvalue weighted by Gasteiger charge is -2.33. The first kappa shape index (κ1) is 62.0. The molecule has 0 fully saturated rings. The molecule has 8 aliphatic heterocycles. The van der Waals surface area contributed by atoms with Gasteiger partial charge >= 0.3 is 102 Å². The molecule has 0 saturated heterocycles. The molecule has 0 N–H and O–H groups in total. The van der Waals surface area contributed by atoms with E-state index in [9.17, 15) is 94.7 Å². The Hall–Kier alpha value is -13.9. The van der Waals surface area contributed by atoms with Gasteiger partial charge in [-0.2, -0.15) is 13.2 Å². The Morgan fingerprint density at radius 2 is 0.485 bits per heavy atom. The highest BCUT2D eigenvalue weighted by Gasteiger charge is 2.55. The smallest absolute Gasteiger partial charge is 0.402 e. The van der Waals surface area contributed by atoms with E-state index in [0.717, 1.165) is 43.3 Å². The number of carbonyl (C=O) groups excluding carboxylic acids is 17. The highest BCUT2D eigenvalue weighted by atomic mass is 19.4. The van der Waals surface area contributed by atoms with E-state index in [-0.39, 0.29) is 123 Å². The van der Waals surface area contributed by atoms with Crippen molar-refractivity contribution in [3.05, 3.63) is 257 Å². The first-order valence-corrected chi connectivity index (χ1v) is 27.6. The van der Waals surface area contributed by atoms with Crippen molar-refractivity contribution in [3.63, 3.8) is 0 Å². The number of esters is 16. The lowest BCUT2D eigenvalue weighted by Crippen LogP contribution is -2.41. The zero-order chi connectivity index (χ0) is 69.0. The molecule has 0 unspecified atom stereocenters. The minimum absolute atomic E-state index is 0.0154. The van der Waals surface area contributed by atoms with Crippen LogP contribution in [-0.4, -0.2) is 107 Å². The van der Waals surface area contributed by atoms with Gasteiger partial charge in [-0.1, -0.05) is 36.4 Å². The summed E-state index contributed by atoms with van der Waals surface area (Å²) in [5.41, 5.74) is -0.954. The van der Waals surface area contributed by atoms with E-state index in [4.69, 9.17) is 4.74 Å². The van der Waals surface area contributed by atoms with Gasteiger partial charge in [0.05, 0.1) is 89.0 Å². The maximum Gasteiger partial charge on any atom is 0.402 e. The Kier molecular flexibility index (Phi) is 14.5. The molecule has 0 bridgehead atoms. The van der Waals surface area contributed by atoms with Crippen LogP contribution >= 0.6 is 0 Å². The highest BCUT2D eigenvalue weighted by molar-refractivity contribution is 6.21. The fourth-order valence-corrected chi connectivity index (χ4v) is 10.8. The largest absolute Gasteiger partial charge is 0.457 e. The topological polar surface area (TPSA) is 373 Å². The minimum atomic E-state index is -4.84. The van der Waals surface area contributed by atoms with Gasteiger partial charge in [0, 0.05) is 11.1 Å². The number of carbonyl (C=O) groups is 17. The van der Waals surface area contributed by atoms with Crippen LogP contribution in [0.3, 0.4) is 0 Å². The number of rotatable bonds is 7. The van der Waals surface area contributed by atoms with Crippen molar-refractivity contribution in [3.8, 4) is 22.6 Å². The Bertz CT molecular complexity index is 4910. The zero-order valence-electron chi connectivity index (χ0n) is 48.1. The Morgan fingerprint density at radius 3 is 0.763 bits per heavy atom. The minimum Gasteiger partial charge on any atom is -0.457 e. The second-order valence-electron chi connectivity index (χ2n) is 21.4. The summed E-state index contributed by atoms with van der Waals surface area (Å²) in [4.78, 5) is 197. The van der Waals surface area contributed by atoms with Gasteiger partial charge in [-0.15, -0.1) is 0 Å². The summed E-state index contributed by atoms with van der Waals surface area (Å²) < 4.78 is 83.9. The number of ketones is 1. The number of halogens is 3. The molecule has 8 aliphatic rings. The molecule has 0 radical (unpaired) electrons. The molecule has 8 heterocycles. The van der Waals surface area contributed by atoms with E-state index in [2.05, 4.69) is 37.9 Å². The molecular formula is C68H27F3O26. The van der Waals surface area contributed by atoms with Gasteiger partial charge in [-0.3, -0.25) is 4.79 Å². The zero-order valence-corrected chi connectivity index (χ0v) is 48.1. The Labute approximate surface area is 534 Å². The lowest BCUT2D eigenvalue weighted by atomic mass is 9.74. The van der Waals surface area contributed by atoms with Gasteiger partial charge < -0.3 is 42.6 Å². The molecule has 26 nitrogen and oxygen atoms in total. The van der Waals surface area contributed by atoms with Gasteiger partial charge in [0.2, 0.25) is 0 Å². The summed E-state index contributed by atoms with van der Waals surface area (Å²) in [7, 11) is 0. The van der Waals surface area contributed by atoms with E-state index in [1.165, 1.54) is 97.1 Å². The van der Waals surface area contributed by atoms with Gasteiger partial charge in [0.15, 0.2) is 5.78 Å². The molecule has 97 heavy (non-hydrogen) atoms. The summed E-state index contributed by atoms with van der Waals surface area (Å²) in [6.45, 7) is 0.876. The summed E-state index contributed by atoms with van der Waals surface area (Å²) >= 11 is 0. The van der Waals surface area contributed by atoms with Crippen molar-refractivity contribution in [2.24, 2.45) is 0 Å². The van der Waals surface area contributed by atoms with Crippen molar-refractivity contribution >= 4 is 101 Å². The summed E-state index contributed by atoms with van der Waals surface area (Å²) in [5.74, 6) is -12.6. The molecule has 0 spiro atoms. The standard InChI is InChI=1S/C19H9F3O6.C17H6O7.C16H6O7.C16H6O6/c1-18(19(20,21)22,8-2-4-10-12(6-8)16(25)27-14(10)23)9-3-5-11-13(7-9)17(26)28-15(11)24;18-13(7-1-3-9-11(5-7)16(21)23-14(9)19)8-2-4-10-12(6-8)17(22)24-15(10)20;17-13-9-3-1-7(5-11(9)15(19)22-13)21-8-2-4-10-12(6-8)16(20)23-14(10)18;17-13-9-3-1-7(5-11(9)15(19)21-13)8-2-4-10-12(6-8)16(20)22-14(10)18/h2-7H,1H3;1-6H;1-6H;1-6H. The molecule has 0 saturated carbocycles. The average molecular weight is 1320 g/mol. The van der Waals surface area contributed by atoms with Crippen LogP contribution in [0.1, 0.15) is 200 Å². The molecule has 0 aromatic heterocycles. The second kappa shape index (κ2) is 22.8. The predicted octanol–water partition coefficient (Wildman–Crippen LogP) is 8.79. The predicted molar refractivity (Wildman–Crippen MR) is 305 cm³/mol. The maximum atomic E-state index is 14.2. The van der Waals surface area contributed by atoms with E-state index < -0.39 is 113 Å². The molecule has 8 aromatic carbocycles. The molecule has 0 atom stereocenters. The van der Waals surface area contributed by atoms with Crippen LogP contribution < -0.4 is 4.74 Å². The average Bonchev–Trinajstić information content (AvgIpc) is 1.66. The van der Waals surface area contributed by atoms with Crippen LogP contribution in [0.2, 0.25) is 0 Å². The van der Waals surface area contributed by atoms with Crippen LogP contribution in [0.15, 0.2) is 146 Å². The van der Waals surface area contributed by atoms with Crippen LogP contribution in [0.25, 0.3) is 11.1 Å². The second-order valence-corrected chi connectivity index (χ2v) is 21.4. The van der Waals surface area contributed by atoms with E-state index in [1.807, 2.05) is 0 Å². The van der Waals surface area contributed by atoms with Gasteiger partial charge in [-0.05, 0) is 138 Å². The number of fused-ring (bicyclic) bond motifs is 8. The van der Waals surface area contributed by atoms with Crippen LogP contribution in [0.5, 0.6) is 11.5 Å². The number of benzene rings is 8. The molecule has 476 valence electrons. The fourth-order valence-electron chi connectivity index (χ4n) is 10.8. The van der Waals surface area contributed by atoms with Gasteiger partial charge in [-0.25, -0.2) is 76.7 Å². The van der Waals surface area contributed by atoms with E-state index >= 15 is 0 Å². The molecular weight excluding hydrogens is 1290 g/mol. The third-order valence-corrected chi connectivity index (χ3v) is 15.9. The van der Waals surface area contributed by atoms with Crippen LogP contribution in [0, 0.1) is 0 Å². The number of alkyl halides is 3. The molecule has 8 aromatic rings. The quantitative estimate of drug-likeness (QED) is 0.0622. The molecule has 16 rings (SSSR count). The van der Waals surface area contributed by atoms with Crippen LogP contribution in [0.4, 0.5) is 13.2 Å². The summed E-state index contributed by atoms with van der Waals surface area (Å²) in [6, 6.07) is 32.1. The lowest BCUT2D eigenvalue weighted by molar-refractivity contribution is -0.173. The SMILES string of the molecule is CC(c1ccc2c(c1)C(=O)OC2=O)(c1ccc2c(c1)C(=O)OC2=O)C(F)(F)F.O=C(c1ccc2c(c1)C(=O)OC2=O)c1ccc2c(c1)C(=O)OC2=O.O=C1OC(=O)c2cc(-c3ccc4c(c3)C(=O)OC4=O)ccc21.O=C1OC(=O)c2cc(Oc3ccc4c(c3)C(=O)OC4=O)ccc21. The maximum absolute atomic E-state index is 14.2. The van der Waals surface area contributed by atoms with E-state index in [1.54, 1.807) is 12.1 Å². The Balaban J connectivity index is 0.000000117. The molecule has 29 heteroatoms. The fraction of sp³-hybridized carbons (Fsp3) is 0.0441. The third kappa shape index (κ3) is 10.6. The van der Waals surface area contributed by atoms with Gasteiger partial charge in [0.1, 0.15) is 16.9 Å². The number of cyclic esters (lactones) is 16. The summed E-state index contributed by atoms with van der Waals surface area (Å²) in [5, 5.41) is 0. The van der Waals surface area contributed by atoms with Crippen molar-refractivity contribution in [2.75, 3.05) is 0 Å². The van der Waals surface area contributed by atoms with Crippen molar-refractivity contribution in [1.29, 1.82) is 0 Å². The van der Waals surface area contributed by atoms with Crippen molar-refractivity contribution in [2.45, 2.75) is 18.5 Å². The first-order valence-electron chi connectivity index (χ1n) is 27.6. The molecule has 0 amide bonds. The number of hydrogen-bond acceptors (Lipinski definition) is 26. The van der Waals surface area contributed by atoms with E-state index in [0.29, 0.717) is 11.1 Å². The van der Waals surface area contributed by atoms with Crippen molar-refractivity contribution in [1.82, 2.24) is 0 Å². The number of hydrogen-bond donors (Lipinski definition) is 0. The summed E-state index contributed by atoms with van der Waals surface area (Å²) in [6.07, 6.45) is -4.84. The molecule has 0 aliphatic carbocycles. The first-order chi connectivity index (χ1) is 46.1. The number of ether oxygens (including phenoxy) is 9. The normalized spacial score (nSPS) is 15.4. The monoisotopic (exact) mass is 1320 g/mol.